The number of hydrogen-bond donors (Lipinski definition) is 1. The van der Waals surface area contributed by atoms with Crippen LogP contribution in [0.4, 0.5) is 10.6 Å². The van der Waals surface area contributed by atoms with E-state index in [0.717, 1.165) is 12.8 Å². The maximum absolute atomic E-state index is 12.4. The number of carbonyl (C=O) groups excluding carboxylic acids is 1. The number of piperidine rings is 1. The minimum absolute atomic E-state index is 0.0154. The van der Waals surface area contributed by atoms with Crippen LogP contribution in [0, 0.1) is 0 Å². The Morgan fingerprint density at radius 1 is 1.36 bits per heavy atom. The normalized spacial score (nSPS) is 18.6. The number of ether oxygens (including phenoxy) is 1. The van der Waals surface area contributed by atoms with Crippen LogP contribution < -0.4 is 5.73 Å². The van der Waals surface area contributed by atoms with Crippen LogP contribution in [0.1, 0.15) is 39.7 Å². The van der Waals surface area contributed by atoms with Crippen LogP contribution in [0.2, 0.25) is 10.3 Å². The molecule has 0 spiro atoms. The molecule has 2 aromatic heterocycles. The molecule has 2 N–H and O–H groups in total. The van der Waals surface area contributed by atoms with Crippen molar-refractivity contribution in [1.29, 1.82) is 0 Å². The Labute approximate surface area is 156 Å². The van der Waals surface area contributed by atoms with Crippen molar-refractivity contribution in [3.8, 4) is 0 Å². The number of nitrogen functional groups attached to an aromatic ring is 1. The van der Waals surface area contributed by atoms with Crippen LogP contribution in [0.25, 0.3) is 11.0 Å². The van der Waals surface area contributed by atoms with Gasteiger partial charge in [0.25, 0.3) is 0 Å². The lowest BCUT2D eigenvalue weighted by Crippen LogP contribution is -2.43. The molecule has 1 amide bonds. The van der Waals surface area contributed by atoms with Crippen molar-refractivity contribution >= 4 is 46.1 Å². The second-order valence-corrected chi connectivity index (χ2v) is 7.93. The van der Waals surface area contributed by atoms with Gasteiger partial charge in [-0.05, 0) is 45.2 Å². The predicted molar refractivity (Wildman–Crippen MR) is 98.0 cm³/mol. The van der Waals surface area contributed by atoms with E-state index in [4.69, 9.17) is 33.7 Å². The van der Waals surface area contributed by atoms with Gasteiger partial charge in [-0.1, -0.05) is 11.6 Å². The van der Waals surface area contributed by atoms with Crippen molar-refractivity contribution in [3.63, 3.8) is 0 Å². The number of nitrogens with zero attached hydrogens (tertiary/aromatic N) is 4. The zero-order valence-corrected chi connectivity index (χ0v) is 15.9. The number of anilines is 1. The molecule has 1 aliphatic rings. The summed E-state index contributed by atoms with van der Waals surface area (Å²) in [5.41, 5.74) is 5.98. The second-order valence-electron chi connectivity index (χ2n) is 7.18. The number of hydrogen-bond acceptors (Lipinski definition) is 5. The number of nitrogens with two attached hydrogens (primary N) is 1. The first-order valence-corrected chi connectivity index (χ1v) is 8.88. The first-order chi connectivity index (χ1) is 11.7. The van der Waals surface area contributed by atoms with E-state index in [1.165, 1.54) is 0 Å². The SMILES string of the molecule is CC(C)(C)OC(=O)N1CCC[C@@H](n2cc(Cl)c3c(N)nc(Cl)nc32)C1. The monoisotopic (exact) mass is 385 g/mol. The zero-order chi connectivity index (χ0) is 18.4. The number of fused-ring (bicyclic) bond motifs is 1. The van der Waals surface area contributed by atoms with Crippen molar-refractivity contribution in [3.05, 3.63) is 16.5 Å². The number of rotatable bonds is 1. The van der Waals surface area contributed by atoms with Gasteiger partial charge in [0.05, 0.1) is 16.5 Å². The second kappa shape index (κ2) is 6.53. The molecule has 0 radical (unpaired) electrons. The molecule has 3 heterocycles. The van der Waals surface area contributed by atoms with Gasteiger partial charge in [-0.2, -0.15) is 4.98 Å². The highest BCUT2D eigenvalue weighted by molar-refractivity contribution is 6.36. The summed E-state index contributed by atoms with van der Waals surface area (Å²) in [5, 5.41) is 1.12. The Hall–Kier alpha value is -1.73. The van der Waals surface area contributed by atoms with Gasteiger partial charge in [0.2, 0.25) is 5.28 Å². The van der Waals surface area contributed by atoms with Crippen molar-refractivity contribution in [2.24, 2.45) is 0 Å². The highest BCUT2D eigenvalue weighted by Crippen LogP contribution is 2.34. The van der Waals surface area contributed by atoms with E-state index in [2.05, 4.69) is 9.97 Å². The Bertz CT molecular complexity index is 815. The average molecular weight is 386 g/mol. The quantitative estimate of drug-likeness (QED) is 0.752. The fraction of sp³-hybridized carbons (Fsp3) is 0.562. The number of carbonyl (C=O) groups is 1. The fourth-order valence-corrected chi connectivity index (χ4v) is 3.51. The molecule has 9 heteroatoms. The molecule has 25 heavy (non-hydrogen) atoms. The minimum Gasteiger partial charge on any atom is -0.444 e. The first kappa shape index (κ1) is 18.1. The van der Waals surface area contributed by atoms with Crippen molar-refractivity contribution < 1.29 is 9.53 Å². The largest absolute Gasteiger partial charge is 0.444 e. The van der Waals surface area contributed by atoms with E-state index in [-0.39, 0.29) is 23.2 Å². The molecule has 3 rings (SSSR count). The van der Waals surface area contributed by atoms with Gasteiger partial charge in [0.1, 0.15) is 17.1 Å². The van der Waals surface area contributed by atoms with Crippen LogP contribution in [-0.2, 0) is 4.74 Å². The topological polar surface area (TPSA) is 86.3 Å². The van der Waals surface area contributed by atoms with Gasteiger partial charge in [-0.15, -0.1) is 0 Å². The van der Waals surface area contributed by atoms with Gasteiger partial charge in [-0.25, -0.2) is 9.78 Å². The third-order valence-electron chi connectivity index (χ3n) is 4.07. The van der Waals surface area contributed by atoms with Gasteiger partial charge < -0.3 is 19.9 Å². The van der Waals surface area contributed by atoms with Crippen LogP contribution >= 0.6 is 23.2 Å². The molecule has 0 unspecified atom stereocenters. The molecule has 7 nitrogen and oxygen atoms in total. The number of amides is 1. The lowest BCUT2D eigenvalue weighted by Gasteiger charge is -2.34. The summed E-state index contributed by atoms with van der Waals surface area (Å²) in [7, 11) is 0. The Kier molecular flexibility index (Phi) is 4.72. The summed E-state index contributed by atoms with van der Waals surface area (Å²) in [4.78, 5) is 22.3. The molecular weight excluding hydrogens is 365 g/mol. The third-order valence-corrected chi connectivity index (χ3v) is 4.52. The average Bonchev–Trinajstić information content (AvgIpc) is 2.82. The smallest absolute Gasteiger partial charge is 0.410 e. The summed E-state index contributed by atoms with van der Waals surface area (Å²) in [6.45, 7) is 6.74. The molecule has 136 valence electrons. The Morgan fingerprint density at radius 2 is 2.08 bits per heavy atom. The van der Waals surface area contributed by atoms with Crippen molar-refractivity contribution in [2.75, 3.05) is 18.8 Å². The summed E-state index contributed by atoms with van der Waals surface area (Å²) in [6.07, 6.45) is 3.21. The van der Waals surface area contributed by atoms with E-state index in [0.29, 0.717) is 29.1 Å². The van der Waals surface area contributed by atoms with E-state index in [1.807, 2.05) is 25.3 Å². The van der Waals surface area contributed by atoms with E-state index in [9.17, 15) is 4.79 Å². The Morgan fingerprint density at radius 3 is 2.76 bits per heavy atom. The van der Waals surface area contributed by atoms with E-state index in [1.54, 1.807) is 11.1 Å². The van der Waals surface area contributed by atoms with Crippen molar-refractivity contribution in [2.45, 2.75) is 45.3 Å². The minimum atomic E-state index is -0.525. The highest BCUT2D eigenvalue weighted by Gasteiger charge is 2.30. The van der Waals surface area contributed by atoms with E-state index < -0.39 is 5.60 Å². The third kappa shape index (κ3) is 3.77. The standard InChI is InChI=1S/C16H21Cl2N5O2/c1-16(2,3)25-15(24)22-6-4-5-9(7-22)23-8-10(17)11-12(19)20-14(18)21-13(11)23/h8-9H,4-7H2,1-3H3,(H2,19,20,21)/t9-/m1/s1. The fourth-order valence-electron chi connectivity index (χ4n) is 3.05. The molecule has 2 aromatic rings. The van der Waals surface area contributed by atoms with Crippen LogP contribution in [0.5, 0.6) is 0 Å². The Balaban J connectivity index is 1.90. The first-order valence-electron chi connectivity index (χ1n) is 8.12. The summed E-state index contributed by atoms with van der Waals surface area (Å²) in [6, 6.07) is 0.0154. The van der Waals surface area contributed by atoms with Crippen molar-refractivity contribution in [1.82, 2.24) is 19.4 Å². The molecule has 1 saturated heterocycles. The summed E-state index contributed by atoms with van der Waals surface area (Å²) >= 11 is 12.3. The molecule has 1 fully saturated rings. The van der Waals surface area contributed by atoms with Gasteiger partial charge in [-0.3, -0.25) is 0 Å². The maximum Gasteiger partial charge on any atom is 0.410 e. The van der Waals surface area contributed by atoms with Crippen LogP contribution in [-0.4, -0.2) is 44.2 Å². The molecular formula is C16H21Cl2N5O2. The number of likely N-dealkylation sites (tertiary alicyclic amines) is 1. The van der Waals surface area contributed by atoms with Gasteiger partial charge in [0.15, 0.2) is 0 Å². The summed E-state index contributed by atoms with van der Waals surface area (Å²) in [5.74, 6) is 0.249. The van der Waals surface area contributed by atoms with E-state index >= 15 is 0 Å². The molecule has 1 atom stereocenters. The van der Waals surface area contributed by atoms with Crippen LogP contribution in [0.3, 0.4) is 0 Å². The van der Waals surface area contributed by atoms with Crippen LogP contribution in [0.15, 0.2) is 6.20 Å². The zero-order valence-electron chi connectivity index (χ0n) is 14.4. The molecule has 1 aliphatic heterocycles. The lowest BCUT2D eigenvalue weighted by molar-refractivity contribution is 0.0174. The number of halogens is 2. The molecule has 0 aliphatic carbocycles. The highest BCUT2D eigenvalue weighted by atomic mass is 35.5. The predicted octanol–water partition coefficient (Wildman–Crippen LogP) is 3.89. The lowest BCUT2D eigenvalue weighted by atomic mass is 10.1. The van der Waals surface area contributed by atoms with Gasteiger partial charge >= 0.3 is 6.09 Å². The molecule has 0 bridgehead atoms. The summed E-state index contributed by atoms with van der Waals surface area (Å²) < 4.78 is 7.41. The molecule has 0 saturated carbocycles. The van der Waals surface area contributed by atoms with Gasteiger partial charge in [0, 0.05) is 19.3 Å². The number of aromatic nitrogens is 3. The maximum atomic E-state index is 12.4. The molecule has 0 aromatic carbocycles.